The predicted molar refractivity (Wildman–Crippen MR) is 22.7 cm³/mol. The second kappa shape index (κ2) is 2.17. The number of halogens is 2. The van der Waals surface area contributed by atoms with Crippen LogP contribution in [0, 0.1) is 0 Å². The molecule has 0 radical (unpaired) electrons. The van der Waals surface area contributed by atoms with Crippen LogP contribution < -0.4 is 0 Å². The van der Waals surface area contributed by atoms with Crippen LogP contribution in [-0.2, 0) is 4.79 Å². The van der Waals surface area contributed by atoms with Crippen molar-refractivity contribution >= 4 is 6.29 Å². The molecule has 0 spiro atoms. The number of alkyl halides is 2. The number of hydrogen-bond acceptors (Lipinski definition) is 2. The first-order chi connectivity index (χ1) is 3.50. The molecule has 0 rings (SSSR count). The number of carbonyl (C=O) groups is 1. The van der Waals surface area contributed by atoms with Gasteiger partial charge in [-0.3, -0.25) is 4.79 Å². The van der Waals surface area contributed by atoms with Gasteiger partial charge in [-0.05, 0) is 6.92 Å². The Kier molecular flexibility index (Phi) is 2.03. The van der Waals surface area contributed by atoms with Crippen LogP contribution in [0.2, 0.25) is 0 Å². The van der Waals surface area contributed by atoms with Crippen LogP contribution in [0.15, 0.2) is 0 Å². The molecule has 4 heteroatoms. The van der Waals surface area contributed by atoms with Crippen molar-refractivity contribution in [2.24, 2.45) is 0 Å². The van der Waals surface area contributed by atoms with Gasteiger partial charge in [0.2, 0.25) is 0 Å². The lowest BCUT2D eigenvalue weighted by molar-refractivity contribution is -0.138. The van der Waals surface area contributed by atoms with E-state index in [1.165, 1.54) is 0 Å². The summed E-state index contributed by atoms with van der Waals surface area (Å²) in [7, 11) is 0. The Hall–Kier alpha value is -0.510. The minimum Gasteiger partial charge on any atom is -0.377 e. The van der Waals surface area contributed by atoms with E-state index in [1.54, 1.807) is 0 Å². The largest absolute Gasteiger partial charge is 0.377 e. The molecule has 0 saturated carbocycles. The zero-order valence-corrected chi connectivity index (χ0v) is 4.27. The van der Waals surface area contributed by atoms with Gasteiger partial charge in [-0.15, -0.1) is 0 Å². The number of aliphatic hydroxyl groups is 1. The van der Waals surface area contributed by atoms with Crippen molar-refractivity contribution in [2.75, 3.05) is 0 Å². The fourth-order valence-electron chi connectivity index (χ4n) is 0.0514. The quantitative estimate of drug-likeness (QED) is 0.534. The number of carbonyl (C=O) groups excluding carboxylic acids is 1. The molecule has 0 amide bonds. The molecule has 1 atom stereocenters. The first-order valence-electron chi connectivity index (χ1n) is 1.97. The van der Waals surface area contributed by atoms with Crippen molar-refractivity contribution in [3.63, 3.8) is 0 Å². The molecule has 0 aromatic heterocycles. The highest BCUT2D eigenvalue weighted by Gasteiger charge is 2.31. The van der Waals surface area contributed by atoms with Crippen LogP contribution in [0.1, 0.15) is 6.92 Å². The average molecular weight is 124 g/mol. The first-order valence-corrected chi connectivity index (χ1v) is 1.97. The fraction of sp³-hybridized carbons (Fsp3) is 0.750. The Morgan fingerprint density at radius 3 is 2.12 bits per heavy atom. The zero-order chi connectivity index (χ0) is 6.78. The van der Waals surface area contributed by atoms with Crippen LogP contribution in [0.4, 0.5) is 8.78 Å². The van der Waals surface area contributed by atoms with Crippen molar-refractivity contribution in [1.82, 2.24) is 0 Å². The van der Waals surface area contributed by atoms with Crippen molar-refractivity contribution in [2.45, 2.75) is 19.0 Å². The summed E-state index contributed by atoms with van der Waals surface area (Å²) in [6.07, 6.45) is -3.18. The van der Waals surface area contributed by atoms with Gasteiger partial charge in [0.1, 0.15) is 0 Å². The fourth-order valence-corrected chi connectivity index (χ4v) is 0.0514. The first kappa shape index (κ1) is 7.49. The lowest BCUT2D eigenvalue weighted by Crippen LogP contribution is -2.34. The maximum Gasteiger partial charge on any atom is 0.273 e. The lowest BCUT2D eigenvalue weighted by atomic mass is 10.1. The molecule has 0 aliphatic heterocycles. The van der Waals surface area contributed by atoms with Crippen LogP contribution >= 0.6 is 0 Å². The molecule has 0 heterocycles. The summed E-state index contributed by atoms with van der Waals surface area (Å²) in [4.78, 5) is 9.54. The molecular weight excluding hydrogens is 118 g/mol. The summed E-state index contributed by atoms with van der Waals surface area (Å²) in [5, 5.41) is 8.28. The molecule has 0 aromatic rings. The van der Waals surface area contributed by atoms with Gasteiger partial charge in [0.15, 0.2) is 11.9 Å². The standard InChI is InChI=1S/C4H6F2O2/c1-4(8,2-7)3(5)6/h2-3,8H,1H3. The molecule has 0 aromatic carbocycles. The Morgan fingerprint density at radius 1 is 1.75 bits per heavy atom. The Bertz CT molecular complexity index is 90.0. The van der Waals surface area contributed by atoms with Crippen molar-refractivity contribution in [3.05, 3.63) is 0 Å². The van der Waals surface area contributed by atoms with Gasteiger partial charge < -0.3 is 5.11 Å². The third-order valence-corrected chi connectivity index (χ3v) is 0.680. The van der Waals surface area contributed by atoms with Crippen LogP contribution in [0.3, 0.4) is 0 Å². The van der Waals surface area contributed by atoms with Crippen molar-refractivity contribution < 1.29 is 18.7 Å². The van der Waals surface area contributed by atoms with E-state index in [0.29, 0.717) is 0 Å². The molecular formula is C4H6F2O2. The van der Waals surface area contributed by atoms with Gasteiger partial charge in [0, 0.05) is 0 Å². The molecule has 1 N–H and O–H groups in total. The van der Waals surface area contributed by atoms with Gasteiger partial charge in [-0.2, -0.15) is 0 Å². The lowest BCUT2D eigenvalue weighted by Gasteiger charge is -2.12. The number of aldehydes is 1. The topological polar surface area (TPSA) is 37.3 Å². The Balaban J connectivity index is 3.90. The summed E-state index contributed by atoms with van der Waals surface area (Å²) in [5.74, 6) is 0. The molecule has 0 bridgehead atoms. The summed E-state index contributed by atoms with van der Waals surface area (Å²) < 4.78 is 22.7. The molecule has 0 saturated heterocycles. The van der Waals surface area contributed by atoms with E-state index >= 15 is 0 Å². The number of hydrogen-bond donors (Lipinski definition) is 1. The highest BCUT2D eigenvalue weighted by molar-refractivity contribution is 5.61. The molecule has 2 nitrogen and oxygen atoms in total. The molecule has 1 unspecified atom stereocenters. The van der Waals surface area contributed by atoms with Gasteiger partial charge in [0.05, 0.1) is 0 Å². The van der Waals surface area contributed by atoms with Gasteiger partial charge in [0.25, 0.3) is 6.43 Å². The third kappa shape index (κ3) is 1.54. The maximum atomic E-state index is 11.3. The summed E-state index contributed by atoms with van der Waals surface area (Å²) in [6.45, 7) is 0.755. The van der Waals surface area contributed by atoms with Gasteiger partial charge in [-0.25, -0.2) is 8.78 Å². The van der Waals surface area contributed by atoms with Gasteiger partial charge >= 0.3 is 0 Å². The highest BCUT2D eigenvalue weighted by Crippen LogP contribution is 2.10. The monoisotopic (exact) mass is 124 g/mol. The van der Waals surface area contributed by atoms with Crippen molar-refractivity contribution in [1.29, 1.82) is 0 Å². The summed E-state index contributed by atoms with van der Waals surface area (Å²) in [5.41, 5.74) is -2.47. The van der Waals surface area contributed by atoms with Gasteiger partial charge in [-0.1, -0.05) is 0 Å². The minimum absolute atomic E-state index is 0.183. The third-order valence-electron chi connectivity index (χ3n) is 0.680. The molecule has 0 aliphatic carbocycles. The average Bonchev–Trinajstić information content (AvgIpc) is 1.67. The van der Waals surface area contributed by atoms with E-state index < -0.39 is 12.0 Å². The molecule has 0 aliphatic rings. The van der Waals surface area contributed by atoms with E-state index in [0.717, 1.165) is 6.92 Å². The Labute approximate surface area is 45.1 Å². The predicted octanol–water partition coefficient (Wildman–Crippen LogP) is 0.201. The number of rotatable bonds is 2. The summed E-state index contributed by atoms with van der Waals surface area (Å²) in [6, 6.07) is 0. The maximum absolute atomic E-state index is 11.3. The molecule has 0 fully saturated rings. The van der Waals surface area contributed by atoms with E-state index in [-0.39, 0.29) is 6.29 Å². The van der Waals surface area contributed by atoms with Crippen LogP contribution in [0.25, 0.3) is 0 Å². The molecule has 48 valence electrons. The van der Waals surface area contributed by atoms with E-state index in [2.05, 4.69) is 0 Å². The SMILES string of the molecule is CC(O)(C=O)C(F)F. The van der Waals surface area contributed by atoms with Crippen LogP contribution in [0.5, 0.6) is 0 Å². The second-order valence-corrected chi connectivity index (χ2v) is 1.64. The zero-order valence-electron chi connectivity index (χ0n) is 4.27. The highest BCUT2D eigenvalue weighted by atomic mass is 19.3. The van der Waals surface area contributed by atoms with Crippen molar-refractivity contribution in [3.8, 4) is 0 Å². The van der Waals surface area contributed by atoms with E-state index in [1.807, 2.05) is 0 Å². The smallest absolute Gasteiger partial charge is 0.273 e. The second-order valence-electron chi connectivity index (χ2n) is 1.64. The van der Waals surface area contributed by atoms with E-state index in [9.17, 15) is 13.6 Å². The molecule has 8 heavy (non-hydrogen) atoms. The summed E-state index contributed by atoms with van der Waals surface area (Å²) >= 11 is 0. The van der Waals surface area contributed by atoms with Crippen LogP contribution in [-0.4, -0.2) is 23.4 Å². The normalized spacial score (nSPS) is 18.1. The van der Waals surface area contributed by atoms with E-state index in [4.69, 9.17) is 5.11 Å². The minimum atomic E-state index is -3.00. The Morgan fingerprint density at radius 2 is 2.12 bits per heavy atom.